The molecule has 0 aliphatic heterocycles. The van der Waals surface area contributed by atoms with Gasteiger partial charge in [0, 0.05) is 29.7 Å². The van der Waals surface area contributed by atoms with Crippen molar-refractivity contribution in [2.45, 2.75) is 31.6 Å². The van der Waals surface area contributed by atoms with E-state index in [0.29, 0.717) is 21.5 Å². The Bertz CT molecular complexity index is 1410. The van der Waals surface area contributed by atoms with E-state index in [1.165, 1.54) is 40.2 Å². The van der Waals surface area contributed by atoms with Crippen LogP contribution >= 0.6 is 0 Å². The van der Waals surface area contributed by atoms with Crippen LogP contribution in [0.2, 0.25) is 0 Å². The Hall–Kier alpha value is -4.24. The van der Waals surface area contributed by atoms with Crippen LogP contribution < -0.4 is 9.47 Å². The van der Waals surface area contributed by atoms with Crippen LogP contribution in [0.1, 0.15) is 36.9 Å². The summed E-state index contributed by atoms with van der Waals surface area (Å²) < 4.78 is 120. The largest absolute Gasteiger partial charge is 0.497 e. The predicted octanol–water partition coefficient (Wildman–Crippen LogP) is 5.51. The SMILES string of the molecule is COc1cc(-n2cc(F)nc2C(F)(F)F)nc(C(C)(C)c2cc(OC)cc(-n3cc(F)nc3C(F)(F)F)n2)c1. The van der Waals surface area contributed by atoms with Gasteiger partial charge >= 0.3 is 12.4 Å². The summed E-state index contributed by atoms with van der Waals surface area (Å²) in [5.74, 6) is -6.70. The normalized spacial score (nSPS) is 12.6. The van der Waals surface area contributed by atoms with Crippen LogP contribution in [-0.4, -0.2) is 43.3 Å². The summed E-state index contributed by atoms with van der Waals surface area (Å²) in [6.45, 7) is 3.06. The van der Waals surface area contributed by atoms with Crippen molar-refractivity contribution in [2.75, 3.05) is 14.2 Å². The number of ether oxygens (including phenoxy) is 2. The lowest BCUT2D eigenvalue weighted by molar-refractivity contribution is -0.146. The minimum Gasteiger partial charge on any atom is -0.497 e. The highest BCUT2D eigenvalue weighted by atomic mass is 19.4. The Morgan fingerprint density at radius 3 is 1.28 bits per heavy atom. The van der Waals surface area contributed by atoms with Crippen molar-refractivity contribution >= 4 is 0 Å². The molecule has 8 nitrogen and oxygen atoms in total. The first kappa shape index (κ1) is 27.8. The fourth-order valence-corrected chi connectivity index (χ4v) is 3.69. The number of aromatic nitrogens is 6. The zero-order valence-corrected chi connectivity index (χ0v) is 20.5. The molecule has 0 unspecified atom stereocenters. The van der Waals surface area contributed by atoms with Crippen molar-refractivity contribution in [2.24, 2.45) is 0 Å². The second kappa shape index (κ2) is 9.50. The topological polar surface area (TPSA) is 79.9 Å². The lowest BCUT2D eigenvalue weighted by Crippen LogP contribution is -2.25. The van der Waals surface area contributed by atoms with Crippen molar-refractivity contribution in [3.63, 3.8) is 0 Å². The van der Waals surface area contributed by atoms with Crippen LogP contribution in [0.15, 0.2) is 36.7 Å². The van der Waals surface area contributed by atoms with Crippen LogP contribution in [0.3, 0.4) is 0 Å². The number of alkyl halides is 6. The zero-order valence-electron chi connectivity index (χ0n) is 20.5. The average molecular weight is 562 g/mol. The van der Waals surface area contributed by atoms with Crippen LogP contribution in [0.4, 0.5) is 35.1 Å². The van der Waals surface area contributed by atoms with Crippen LogP contribution in [-0.2, 0) is 17.8 Å². The smallest absolute Gasteiger partial charge is 0.450 e. The fourth-order valence-electron chi connectivity index (χ4n) is 3.69. The monoisotopic (exact) mass is 562 g/mol. The summed E-state index contributed by atoms with van der Waals surface area (Å²) in [7, 11) is 2.48. The third-order valence-corrected chi connectivity index (χ3v) is 5.68. The molecule has 0 bridgehead atoms. The van der Waals surface area contributed by atoms with Crippen LogP contribution in [0.5, 0.6) is 11.5 Å². The van der Waals surface area contributed by atoms with Crippen molar-refractivity contribution in [3.05, 3.63) is 71.6 Å². The number of methoxy groups -OCH3 is 2. The molecule has 0 amide bonds. The molecule has 4 aromatic rings. The van der Waals surface area contributed by atoms with Gasteiger partial charge in [-0.15, -0.1) is 0 Å². The molecule has 0 radical (unpaired) electrons. The van der Waals surface area contributed by atoms with Gasteiger partial charge in [-0.2, -0.15) is 45.1 Å². The Balaban J connectivity index is 1.91. The maximum Gasteiger partial charge on any atom is 0.450 e. The molecule has 0 aliphatic rings. The van der Waals surface area contributed by atoms with Gasteiger partial charge in [0.05, 0.1) is 38.0 Å². The van der Waals surface area contributed by atoms with Gasteiger partial charge in [0.15, 0.2) is 0 Å². The van der Waals surface area contributed by atoms with E-state index in [1.54, 1.807) is 0 Å². The summed E-state index contributed by atoms with van der Waals surface area (Å²) in [6, 6.07) is 4.96. The van der Waals surface area contributed by atoms with E-state index in [2.05, 4.69) is 19.9 Å². The number of imidazole rings is 2. The molecule has 0 saturated heterocycles. The summed E-state index contributed by atoms with van der Waals surface area (Å²) in [6.07, 6.45) is -9.06. The molecule has 208 valence electrons. The summed E-state index contributed by atoms with van der Waals surface area (Å²) >= 11 is 0. The molecule has 39 heavy (non-hydrogen) atoms. The molecule has 4 heterocycles. The molecule has 0 aliphatic carbocycles. The average Bonchev–Trinajstić information content (AvgIpc) is 3.46. The van der Waals surface area contributed by atoms with Crippen molar-refractivity contribution in [1.29, 1.82) is 0 Å². The number of halogens is 8. The second-order valence-electron chi connectivity index (χ2n) is 8.64. The maximum absolute atomic E-state index is 13.8. The van der Waals surface area contributed by atoms with Crippen molar-refractivity contribution in [1.82, 2.24) is 29.1 Å². The molecular formula is C23H18F8N6O2. The first-order valence-corrected chi connectivity index (χ1v) is 10.8. The molecule has 0 fully saturated rings. The Morgan fingerprint density at radius 2 is 0.974 bits per heavy atom. The lowest BCUT2D eigenvalue weighted by Gasteiger charge is -2.26. The molecule has 4 rings (SSSR count). The summed E-state index contributed by atoms with van der Waals surface area (Å²) in [4.78, 5) is 14.3. The zero-order chi connectivity index (χ0) is 28.9. The van der Waals surface area contributed by atoms with E-state index in [-0.39, 0.29) is 22.9 Å². The van der Waals surface area contributed by atoms with Gasteiger partial charge in [-0.05, 0) is 13.8 Å². The van der Waals surface area contributed by atoms with Gasteiger partial charge in [0.1, 0.15) is 23.1 Å². The molecule has 0 atom stereocenters. The number of nitrogens with zero attached hydrogens (tertiary/aromatic N) is 6. The Labute approximate surface area is 214 Å². The van der Waals surface area contributed by atoms with Crippen molar-refractivity contribution in [3.8, 4) is 23.1 Å². The second-order valence-corrected chi connectivity index (χ2v) is 8.64. The molecule has 4 aromatic heterocycles. The highest BCUT2D eigenvalue weighted by Gasteiger charge is 2.40. The minimum atomic E-state index is -5.02. The van der Waals surface area contributed by atoms with Gasteiger partial charge in [0.2, 0.25) is 23.5 Å². The molecule has 0 N–H and O–H groups in total. The number of hydrogen-bond acceptors (Lipinski definition) is 6. The molecule has 0 spiro atoms. The van der Waals surface area contributed by atoms with Gasteiger partial charge in [-0.3, -0.25) is 9.13 Å². The highest BCUT2D eigenvalue weighted by Crippen LogP contribution is 2.37. The van der Waals surface area contributed by atoms with E-state index in [9.17, 15) is 35.1 Å². The van der Waals surface area contributed by atoms with Crippen molar-refractivity contribution < 1.29 is 44.6 Å². The molecule has 0 saturated carbocycles. The maximum atomic E-state index is 13.8. The number of hydrogen-bond donors (Lipinski definition) is 0. The van der Waals surface area contributed by atoms with Gasteiger partial charge in [-0.25, -0.2) is 9.97 Å². The third-order valence-electron chi connectivity index (χ3n) is 5.68. The quantitative estimate of drug-likeness (QED) is 0.289. The highest BCUT2D eigenvalue weighted by molar-refractivity contribution is 5.45. The molecular weight excluding hydrogens is 544 g/mol. The number of rotatable bonds is 6. The van der Waals surface area contributed by atoms with E-state index < -0.39 is 52.9 Å². The summed E-state index contributed by atoms with van der Waals surface area (Å²) in [5, 5.41) is 0. The first-order valence-electron chi connectivity index (χ1n) is 10.8. The third kappa shape index (κ3) is 5.35. The number of pyridine rings is 2. The van der Waals surface area contributed by atoms with Gasteiger partial charge in [0.25, 0.3) is 0 Å². The van der Waals surface area contributed by atoms with Gasteiger partial charge < -0.3 is 9.47 Å². The molecule has 16 heteroatoms. The van der Waals surface area contributed by atoms with Crippen LogP contribution in [0.25, 0.3) is 11.6 Å². The van der Waals surface area contributed by atoms with E-state index in [0.717, 1.165) is 12.1 Å². The van der Waals surface area contributed by atoms with E-state index >= 15 is 0 Å². The Kier molecular flexibility index (Phi) is 6.77. The standard InChI is InChI=1S/C23H18F8N6O2/c1-21(2,13-5-11(38-3)7-17(32-13)36-9-15(24)34-19(36)22(26,27)28)14-6-12(39-4)8-18(33-14)37-10-16(25)35-20(37)23(29,30)31/h5-10H,1-4H3. The minimum absolute atomic E-state index is 0.0319. The molecule has 0 aromatic carbocycles. The van der Waals surface area contributed by atoms with E-state index in [1.807, 2.05) is 0 Å². The lowest BCUT2D eigenvalue weighted by atomic mass is 9.84. The van der Waals surface area contributed by atoms with Gasteiger partial charge in [-0.1, -0.05) is 0 Å². The van der Waals surface area contributed by atoms with Crippen LogP contribution in [0, 0.1) is 11.9 Å². The summed E-state index contributed by atoms with van der Waals surface area (Å²) in [5.41, 5.74) is -1.25. The van der Waals surface area contributed by atoms with E-state index in [4.69, 9.17) is 9.47 Å². The predicted molar refractivity (Wildman–Crippen MR) is 118 cm³/mol. The fraction of sp³-hybridized carbons (Fsp3) is 0.304. The Morgan fingerprint density at radius 1 is 0.615 bits per heavy atom. The first-order chi connectivity index (χ1) is 18.0.